The number of rotatable bonds is 17. The molecule has 0 heterocycles. The molecule has 3 rings (SSSR count). The van der Waals surface area contributed by atoms with E-state index in [0.29, 0.717) is 11.1 Å². The SMILES string of the molecule is CC(NC(=O)C(CC(=O)Cc1ccccc1)Cc1cccc(F)c1)C(=O)C(=O)NC(Cc1ccccc1)C(=O)CC(C)(C)C(N)=O. The van der Waals surface area contributed by atoms with E-state index < -0.39 is 58.5 Å². The highest BCUT2D eigenvalue weighted by atomic mass is 19.1. The number of carbonyl (C=O) groups excluding carboxylic acids is 6. The van der Waals surface area contributed by atoms with Gasteiger partial charge in [0.15, 0.2) is 5.78 Å². The average molecular weight is 630 g/mol. The van der Waals surface area contributed by atoms with Gasteiger partial charge in [-0.2, -0.15) is 0 Å². The fourth-order valence-electron chi connectivity index (χ4n) is 4.94. The van der Waals surface area contributed by atoms with Crippen LogP contribution in [0.15, 0.2) is 84.9 Å². The van der Waals surface area contributed by atoms with Gasteiger partial charge in [-0.15, -0.1) is 0 Å². The lowest BCUT2D eigenvalue weighted by molar-refractivity contribution is -0.141. The third-order valence-electron chi connectivity index (χ3n) is 7.70. The van der Waals surface area contributed by atoms with Crippen LogP contribution in [0.4, 0.5) is 4.39 Å². The van der Waals surface area contributed by atoms with Gasteiger partial charge >= 0.3 is 0 Å². The minimum atomic E-state index is -1.30. The molecule has 0 saturated carbocycles. The van der Waals surface area contributed by atoms with Crippen molar-refractivity contribution in [2.75, 3.05) is 0 Å². The molecule has 0 aliphatic carbocycles. The van der Waals surface area contributed by atoms with Crippen LogP contribution in [0.5, 0.6) is 0 Å². The number of Topliss-reactive ketones (excluding diaryl/α,β-unsaturated/α-hetero) is 3. The summed E-state index contributed by atoms with van der Waals surface area (Å²) < 4.78 is 13.9. The summed E-state index contributed by atoms with van der Waals surface area (Å²) in [5.74, 6) is -5.59. The second kappa shape index (κ2) is 16.4. The molecule has 10 heteroatoms. The number of carbonyl (C=O) groups is 6. The first-order valence-corrected chi connectivity index (χ1v) is 15.1. The molecule has 3 unspecified atom stereocenters. The summed E-state index contributed by atoms with van der Waals surface area (Å²) in [4.78, 5) is 77.7. The van der Waals surface area contributed by atoms with E-state index in [2.05, 4.69) is 10.6 Å². The largest absolute Gasteiger partial charge is 0.369 e. The Morgan fingerprint density at radius 1 is 0.783 bits per heavy atom. The molecule has 4 N–H and O–H groups in total. The molecule has 0 radical (unpaired) electrons. The Hall–Kier alpha value is -4.99. The molecule has 3 aromatic carbocycles. The van der Waals surface area contributed by atoms with Crippen molar-refractivity contribution in [3.05, 3.63) is 107 Å². The molecule has 242 valence electrons. The summed E-state index contributed by atoms with van der Waals surface area (Å²) in [6.07, 6.45) is -0.255. The second-order valence-electron chi connectivity index (χ2n) is 12.1. The Kier molecular flexibility index (Phi) is 12.6. The zero-order valence-electron chi connectivity index (χ0n) is 26.3. The quantitative estimate of drug-likeness (QED) is 0.195. The lowest BCUT2D eigenvalue weighted by Gasteiger charge is -2.24. The molecule has 3 amide bonds. The summed E-state index contributed by atoms with van der Waals surface area (Å²) in [7, 11) is 0. The third kappa shape index (κ3) is 10.9. The number of halogens is 1. The van der Waals surface area contributed by atoms with E-state index in [4.69, 9.17) is 5.73 Å². The van der Waals surface area contributed by atoms with Crippen LogP contribution in [0, 0.1) is 17.2 Å². The van der Waals surface area contributed by atoms with Crippen LogP contribution in [0.3, 0.4) is 0 Å². The highest BCUT2D eigenvalue weighted by Gasteiger charge is 2.34. The lowest BCUT2D eigenvalue weighted by Crippen LogP contribution is -2.52. The topological polar surface area (TPSA) is 152 Å². The highest BCUT2D eigenvalue weighted by Crippen LogP contribution is 2.22. The number of ketones is 3. The van der Waals surface area contributed by atoms with Crippen LogP contribution >= 0.6 is 0 Å². The van der Waals surface area contributed by atoms with Gasteiger partial charge in [-0.25, -0.2) is 4.39 Å². The summed E-state index contributed by atoms with van der Waals surface area (Å²) in [5, 5.41) is 5.01. The van der Waals surface area contributed by atoms with Crippen molar-refractivity contribution in [3.63, 3.8) is 0 Å². The fourth-order valence-corrected chi connectivity index (χ4v) is 4.94. The molecule has 0 bridgehead atoms. The van der Waals surface area contributed by atoms with Gasteiger partial charge < -0.3 is 16.4 Å². The first kappa shape index (κ1) is 35.5. The van der Waals surface area contributed by atoms with Gasteiger partial charge in [0, 0.05) is 25.2 Å². The van der Waals surface area contributed by atoms with E-state index in [1.54, 1.807) is 60.7 Å². The number of hydrogen-bond acceptors (Lipinski definition) is 6. The normalized spacial score (nSPS) is 13.1. The van der Waals surface area contributed by atoms with Crippen molar-refractivity contribution in [3.8, 4) is 0 Å². The molecule has 3 atom stereocenters. The molecule has 0 aromatic heterocycles. The van der Waals surface area contributed by atoms with E-state index in [0.717, 1.165) is 5.56 Å². The van der Waals surface area contributed by atoms with Crippen molar-refractivity contribution >= 4 is 35.1 Å². The number of benzene rings is 3. The maximum absolute atomic E-state index is 13.9. The Labute approximate surface area is 268 Å². The summed E-state index contributed by atoms with van der Waals surface area (Å²) in [6.45, 7) is 4.36. The summed E-state index contributed by atoms with van der Waals surface area (Å²) in [6, 6.07) is 21.1. The van der Waals surface area contributed by atoms with Gasteiger partial charge in [-0.05, 0) is 48.6 Å². The first-order valence-electron chi connectivity index (χ1n) is 15.1. The van der Waals surface area contributed by atoms with Crippen LogP contribution in [0.2, 0.25) is 0 Å². The molecular weight excluding hydrogens is 589 g/mol. The molecule has 9 nitrogen and oxygen atoms in total. The molecular formula is C36H40FN3O6. The van der Waals surface area contributed by atoms with Gasteiger partial charge in [0.25, 0.3) is 5.91 Å². The predicted octanol–water partition coefficient (Wildman–Crippen LogP) is 3.46. The maximum atomic E-state index is 13.9. The van der Waals surface area contributed by atoms with Crippen molar-refractivity contribution in [1.82, 2.24) is 10.6 Å². The maximum Gasteiger partial charge on any atom is 0.290 e. The van der Waals surface area contributed by atoms with Gasteiger partial charge in [0.1, 0.15) is 11.6 Å². The van der Waals surface area contributed by atoms with Gasteiger partial charge in [-0.3, -0.25) is 28.8 Å². The first-order chi connectivity index (χ1) is 21.7. The monoisotopic (exact) mass is 629 g/mol. The molecule has 0 aliphatic heterocycles. The average Bonchev–Trinajstić information content (AvgIpc) is 3.00. The van der Waals surface area contributed by atoms with E-state index in [-0.39, 0.29) is 37.9 Å². The highest BCUT2D eigenvalue weighted by molar-refractivity contribution is 6.38. The standard InChI is InChI=1S/C36H40FN3O6/c1-23(32(43)34(45)40-30(20-25-13-8-5-9-14-25)31(42)22-36(2,3)35(38)46)39-33(44)27(17-26-15-10-16-28(37)18-26)21-29(41)19-24-11-6-4-7-12-24/h4-16,18,23,27,30H,17,19-22H2,1-3H3,(H2,38,46)(H,39,44)(H,40,45). The van der Waals surface area contributed by atoms with Crippen LogP contribution in [0.25, 0.3) is 0 Å². The number of primary amides is 1. The minimum Gasteiger partial charge on any atom is -0.369 e. The van der Waals surface area contributed by atoms with Gasteiger partial charge in [0.2, 0.25) is 17.6 Å². The van der Waals surface area contributed by atoms with E-state index in [1.807, 2.05) is 6.07 Å². The molecule has 0 aliphatic rings. The third-order valence-corrected chi connectivity index (χ3v) is 7.70. The van der Waals surface area contributed by atoms with E-state index in [9.17, 15) is 33.2 Å². The number of amides is 3. The fraction of sp³-hybridized carbons (Fsp3) is 0.333. The Morgan fingerprint density at radius 3 is 1.96 bits per heavy atom. The summed E-state index contributed by atoms with van der Waals surface area (Å²) >= 11 is 0. The van der Waals surface area contributed by atoms with Crippen LogP contribution in [0.1, 0.15) is 50.3 Å². The Balaban J connectivity index is 1.73. The van der Waals surface area contributed by atoms with Gasteiger partial charge in [0.05, 0.1) is 17.5 Å². The Bertz CT molecular complexity index is 1560. The number of nitrogens with two attached hydrogens (primary N) is 1. The van der Waals surface area contributed by atoms with Crippen molar-refractivity contribution < 1.29 is 33.2 Å². The molecule has 0 fully saturated rings. The molecule has 0 spiro atoms. The zero-order chi connectivity index (χ0) is 33.9. The lowest BCUT2D eigenvalue weighted by atomic mass is 9.84. The number of nitrogens with one attached hydrogen (secondary N) is 2. The zero-order valence-corrected chi connectivity index (χ0v) is 26.3. The van der Waals surface area contributed by atoms with Crippen LogP contribution in [-0.4, -0.2) is 47.2 Å². The van der Waals surface area contributed by atoms with Crippen molar-refractivity contribution in [2.24, 2.45) is 17.1 Å². The Morgan fingerprint density at radius 2 is 1.37 bits per heavy atom. The van der Waals surface area contributed by atoms with E-state index >= 15 is 0 Å². The van der Waals surface area contributed by atoms with Crippen LogP contribution < -0.4 is 16.4 Å². The molecule has 46 heavy (non-hydrogen) atoms. The smallest absolute Gasteiger partial charge is 0.290 e. The van der Waals surface area contributed by atoms with Crippen LogP contribution in [-0.2, 0) is 48.0 Å². The molecule has 0 saturated heterocycles. The van der Waals surface area contributed by atoms with Gasteiger partial charge in [-0.1, -0.05) is 86.6 Å². The number of hydrogen-bond donors (Lipinski definition) is 3. The molecule has 3 aromatic rings. The van der Waals surface area contributed by atoms with E-state index in [1.165, 1.54) is 39.0 Å². The van der Waals surface area contributed by atoms with Crippen molar-refractivity contribution in [2.45, 2.75) is 65.0 Å². The summed E-state index contributed by atoms with van der Waals surface area (Å²) in [5.41, 5.74) is 6.24. The predicted molar refractivity (Wildman–Crippen MR) is 171 cm³/mol. The minimum absolute atomic E-state index is 0.0283. The second-order valence-corrected chi connectivity index (χ2v) is 12.1. The van der Waals surface area contributed by atoms with Crippen molar-refractivity contribution in [1.29, 1.82) is 0 Å².